The predicted molar refractivity (Wildman–Crippen MR) is 122 cm³/mol. The Labute approximate surface area is 192 Å². The Morgan fingerprint density at radius 1 is 0.857 bits per heavy atom. The number of benzene rings is 1. The van der Waals surface area contributed by atoms with E-state index in [-0.39, 0.29) is 26.2 Å². The van der Waals surface area contributed by atoms with Crippen LogP contribution in [0.2, 0.25) is 19.6 Å². The van der Waals surface area contributed by atoms with Crippen LogP contribution in [0.15, 0.2) is 91.0 Å². The Hall–Kier alpha value is -1.24. The molecule has 0 aliphatic heterocycles. The van der Waals surface area contributed by atoms with Gasteiger partial charge in [-0.25, -0.2) is 17.7 Å². The average Bonchev–Trinajstić information content (AvgIpc) is 3.17. The van der Waals surface area contributed by atoms with E-state index in [9.17, 15) is 0 Å². The summed E-state index contributed by atoms with van der Waals surface area (Å²) in [6.45, 7) is 11.7. The summed E-state index contributed by atoms with van der Waals surface area (Å²) < 4.78 is 0. The van der Waals surface area contributed by atoms with Gasteiger partial charge in [0.25, 0.3) is 0 Å². The molecule has 3 aromatic rings. The van der Waals surface area contributed by atoms with Gasteiger partial charge < -0.3 is 36.8 Å². The van der Waals surface area contributed by atoms with Gasteiger partial charge >= 0.3 is 0 Å². The fraction of sp³-hybridized carbons (Fsp3) is 0.269. The van der Waals surface area contributed by atoms with Crippen molar-refractivity contribution in [3.05, 3.63) is 109 Å². The Kier molecular flexibility index (Phi) is 10.4. The minimum Gasteiger partial charge on any atom is -0.748 e. The van der Waals surface area contributed by atoms with E-state index in [2.05, 4.69) is 75.9 Å². The topological polar surface area (TPSA) is 0 Å². The summed E-state index contributed by atoms with van der Waals surface area (Å²) in [7, 11) is -1.30. The fourth-order valence-electron chi connectivity index (χ4n) is 2.83. The SMILES string of the molecule is CC1(C)[CH-]C1C(=[C-][Si](C)(C)C)c1ccccc1.[Zr].[cH-]1[cH-][cH-][cH-][cH-]1.c1cc[cH-]c1. The van der Waals surface area contributed by atoms with Crippen LogP contribution in [0, 0.1) is 23.5 Å². The summed E-state index contributed by atoms with van der Waals surface area (Å²) in [6, 6.07) is 30.8. The van der Waals surface area contributed by atoms with Crippen LogP contribution in [0.25, 0.3) is 5.57 Å². The van der Waals surface area contributed by atoms with E-state index < -0.39 is 8.07 Å². The normalized spacial score (nSPS) is 17.2. The van der Waals surface area contributed by atoms with Gasteiger partial charge in [0.15, 0.2) is 0 Å². The van der Waals surface area contributed by atoms with Crippen LogP contribution < -0.4 is 0 Å². The van der Waals surface area contributed by atoms with Crippen molar-refractivity contribution in [3.8, 4) is 0 Å². The zero-order valence-electron chi connectivity index (χ0n) is 17.8. The third kappa shape index (κ3) is 9.30. The van der Waals surface area contributed by atoms with Gasteiger partial charge in [0.1, 0.15) is 0 Å². The van der Waals surface area contributed by atoms with Gasteiger partial charge in [-0.15, -0.1) is 12.1 Å². The first-order chi connectivity index (χ1) is 12.8. The Balaban J connectivity index is 0.000000290. The second-order valence-electron chi connectivity index (χ2n) is 8.54. The molecule has 0 bridgehead atoms. The van der Waals surface area contributed by atoms with Crippen molar-refractivity contribution in [1.29, 1.82) is 0 Å². The summed E-state index contributed by atoms with van der Waals surface area (Å²) in [5, 5.41) is 0. The Bertz CT molecular complexity index is 699. The van der Waals surface area contributed by atoms with E-state index in [1.54, 1.807) is 0 Å². The van der Waals surface area contributed by atoms with Crippen molar-refractivity contribution in [2.75, 3.05) is 0 Å². The maximum atomic E-state index is 3.81. The molecule has 1 fully saturated rings. The van der Waals surface area contributed by atoms with E-state index in [1.807, 2.05) is 60.7 Å². The first-order valence-electron chi connectivity index (χ1n) is 9.69. The molecular formula is C26H32SiZr-8. The van der Waals surface area contributed by atoms with Crippen LogP contribution in [-0.4, -0.2) is 8.07 Å². The third-order valence-electron chi connectivity index (χ3n) is 4.31. The molecule has 28 heavy (non-hydrogen) atoms. The zero-order valence-corrected chi connectivity index (χ0v) is 21.3. The molecule has 1 atom stereocenters. The van der Waals surface area contributed by atoms with E-state index in [0.717, 1.165) is 0 Å². The molecule has 2 heteroatoms. The van der Waals surface area contributed by atoms with Crippen molar-refractivity contribution < 1.29 is 26.2 Å². The summed E-state index contributed by atoms with van der Waals surface area (Å²) in [6.07, 6.45) is 2.43. The average molecular weight is 464 g/mol. The standard InChI is InChI=1S/C16H22Si.2C5H5.Zr/c1-16(2)11-15(16)14(12-17(3,4)5)13-9-7-6-8-10-13;2*1-2-4-5-3-1;/h6-11,15H,1-5H3;2*1-5H;/q-2;-5;-1;. The Morgan fingerprint density at radius 2 is 1.32 bits per heavy atom. The van der Waals surface area contributed by atoms with Crippen LogP contribution in [0.3, 0.4) is 0 Å². The summed E-state index contributed by atoms with van der Waals surface area (Å²) in [5.41, 5.74) is 6.95. The minimum absolute atomic E-state index is 0. The molecule has 0 N–H and O–H groups in total. The third-order valence-corrected chi connectivity index (χ3v) is 5.32. The molecule has 0 amide bonds. The molecule has 0 saturated heterocycles. The molecule has 4 rings (SSSR count). The van der Waals surface area contributed by atoms with Gasteiger partial charge in [-0.1, -0.05) is 51.7 Å². The first-order valence-corrected chi connectivity index (χ1v) is 13.2. The summed E-state index contributed by atoms with van der Waals surface area (Å²) in [5.74, 6) is 0.594. The van der Waals surface area contributed by atoms with Crippen molar-refractivity contribution in [3.63, 3.8) is 0 Å². The molecule has 1 saturated carbocycles. The molecule has 1 unspecified atom stereocenters. The molecular weight excluding hydrogens is 432 g/mol. The predicted octanol–water partition coefficient (Wildman–Crippen LogP) is 7.42. The van der Waals surface area contributed by atoms with Crippen LogP contribution in [0.5, 0.6) is 0 Å². The number of hydrogen-bond donors (Lipinski definition) is 0. The smallest absolute Gasteiger partial charge is 0 e. The Morgan fingerprint density at radius 3 is 1.64 bits per heavy atom. The molecule has 1 aliphatic carbocycles. The number of rotatable bonds is 3. The maximum absolute atomic E-state index is 3.81. The van der Waals surface area contributed by atoms with Gasteiger partial charge in [0.05, 0.1) is 0 Å². The fourth-order valence-corrected chi connectivity index (χ4v) is 3.94. The second kappa shape index (κ2) is 11.7. The number of allylic oxidation sites excluding steroid dienone is 1. The molecule has 0 aromatic heterocycles. The minimum atomic E-state index is -1.30. The van der Waals surface area contributed by atoms with Gasteiger partial charge in [-0.3, -0.25) is 5.70 Å². The van der Waals surface area contributed by atoms with Gasteiger partial charge in [0.2, 0.25) is 0 Å². The first kappa shape index (κ1) is 24.8. The van der Waals surface area contributed by atoms with Crippen LogP contribution in [0.4, 0.5) is 0 Å². The van der Waals surface area contributed by atoms with Crippen LogP contribution in [0.1, 0.15) is 19.4 Å². The number of hydrogen-bond acceptors (Lipinski definition) is 0. The van der Waals surface area contributed by atoms with E-state index in [0.29, 0.717) is 11.3 Å². The molecule has 152 valence electrons. The summed E-state index contributed by atoms with van der Waals surface area (Å²) in [4.78, 5) is 0. The van der Waals surface area contributed by atoms with Crippen molar-refractivity contribution in [1.82, 2.24) is 0 Å². The summed E-state index contributed by atoms with van der Waals surface area (Å²) >= 11 is 0. The zero-order chi connectivity index (χ0) is 19.8. The molecule has 0 nitrogen and oxygen atoms in total. The largest absolute Gasteiger partial charge is 0.748 e. The van der Waals surface area contributed by atoms with Gasteiger partial charge in [-0.05, 0) is 8.07 Å². The maximum Gasteiger partial charge on any atom is 0 e. The van der Waals surface area contributed by atoms with Crippen molar-refractivity contribution in [2.45, 2.75) is 33.5 Å². The van der Waals surface area contributed by atoms with Crippen molar-refractivity contribution in [2.24, 2.45) is 11.3 Å². The molecule has 3 aromatic carbocycles. The van der Waals surface area contributed by atoms with E-state index in [4.69, 9.17) is 0 Å². The quantitative estimate of drug-likeness (QED) is 0.280. The second-order valence-corrected chi connectivity index (χ2v) is 13.3. The molecule has 1 aliphatic rings. The molecule has 0 radical (unpaired) electrons. The van der Waals surface area contributed by atoms with Gasteiger partial charge in [0, 0.05) is 26.2 Å². The van der Waals surface area contributed by atoms with E-state index >= 15 is 0 Å². The van der Waals surface area contributed by atoms with Crippen LogP contribution >= 0.6 is 0 Å². The van der Waals surface area contributed by atoms with Crippen molar-refractivity contribution >= 4 is 13.6 Å². The molecule has 0 spiro atoms. The van der Waals surface area contributed by atoms with E-state index in [1.165, 1.54) is 11.1 Å². The van der Waals surface area contributed by atoms with Crippen LogP contribution in [-0.2, 0) is 26.2 Å². The molecule has 0 heterocycles. The monoisotopic (exact) mass is 462 g/mol. The van der Waals surface area contributed by atoms with Gasteiger partial charge in [-0.2, -0.15) is 35.1 Å².